The summed E-state index contributed by atoms with van der Waals surface area (Å²) >= 11 is 0. The number of nitrogens with two attached hydrogens (primary N) is 1. The minimum absolute atomic E-state index is 0.203. The van der Waals surface area contributed by atoms with Crippen LogP contribution in [0, 0.1) is 11.8 Å². The molecule has 0 aromatic carbocycles. The molecule has 7 nitrogen and oxygen atoms in total. The zero-order valence-electron chi connectivity index (χ0n) is 17.7. The van der Waals surface area contributed by atoms with Gasteiger partial charge in [0.25, 0.3) is 12.4 Å². The number of carbonyl (C=O) groups excluding carboxylic acids is 2. The fourth-order valence-corrected chi connectivity index (χ4v) is 2.83. The third-order valence-electron chi connectivity index (χ3n) is 5.09. The molecule has 160 valence electrons. The minimum atomic E-state index is -0.318. The SMILES string of the molecule is CC(C)(C)OC=O.NN(CC1CC1)C(=O)c1ccc(C2CC2)c(OCC2CC2)n1. The van der Waals surface area contributed by atoms with Crippen LogP contribution in [-0.2, 0) is 9.53 Å². The Bertz CT molecular complexity index is 719. The number of amides is 1. The Labute approximate surface area is 172 Å². The van der Waals surface area contributed by atoms with Crippen LogP contribution >= 0.6 is 0 Å². The molecule has 0 saturated heterocycles. The first-order valence-corrected chi connectivity index (χ1v) is 10.6. The number of pyridine rings is 1. The van der Waals surface area contributed by atoms with Crippen LogP contribution in [0.1, 0.15) is 81.3 Å². The van der Waals surface area contributed by atoms with E-state index in [0.29, 0.717) is 42.3 Å². The number of hydrogen-bond donors (Lipinski definition) is 1. The molecule has 0 unspecified atom stereocenters. The summed E-state index contributed by atoms with van der Waals surface area (Å²) in [4.78, 5) is 26.5. The van der Waals surface area contributed by atoms with Crippen LogP contribution in [0.25, 0.3) is 0 Å². The predicted molar refractivity (Wildman–Crippen MR) is 109 cm³/mol. The van der Waals surface area contributed by atoms with E-state index in [0.717, 1.165) is 12.2 Å². The van der Waals surface area contributed by atoms with Crippen LogP contribution in [0.2, 0.25) is 0 Å². The first-order valence-electron chi connectivity index (χ1n) is 10.6. The maximum absolute atomic E-state index is 12.4. The summed E-state index contributed by atoms with van der Waals surface area (Å²) in [5.74, 6) is 8.15. The highest BCUT2D eigenvalue weighted by Gasteiger charge is 2.31. The lowest BCUT2D eigenvalue weighted by Gasteiger charge is -2.17. The highest BCUT2D eigenvalue weighted by molar-refractivity contribution is 5.92. The first kappa shape index (κ1) is 21.6. The van der Waals surface area contributed by atoms with Gasteiger partial charge in [-0.3, -0.25) is 14.6 Å². The standard InChI is InChI=1S/C17H23N3O2.C5H10O2/c18-20(9-11-1-2-11)17(21)15-8-7-14(13-5-6-13)16(19-15)22-10-12-3-4-12;1-5(2,3)7-4-6/h7-8,11-13H,1-6,9-10,18H2;4H,1-3H3. The van der Waals surface area contributed by atoms with E-state index in [2.05, 4.69) is 9.72 Å². The van der Waals surface area contributed by atoms with E-state index in [-0.39, 0.29) is 11.5 Å². The van der Waals surface area contributed by atoms with Crippen LogP contribution in [0.15, 0.2) is 12.1 Å². The van der Waals surface area contributed by atoms with Gasteiger partial charge in [0.05, 0.1) is 6.61 Å². The number of carbonyl (C=O) groups is 2. The van der Waals surface area contributed by atoms with E-state index >= 15 is 0 Å². The Kier molecular flexibility index (Phi) is 6.77. The fourth-order valence-electron chi connectivity index (χ4n) is 2.83. The van der Waals surface area contributed by atoms with Crippen LogP contribution in [-0.4, -0.2) is 41.1 Å². The molecular formula is C22H33N3O4. The Morgan fingerprint density at radius 3 is 2.31 bits per heavy atom. The normalized spacial score (nSPS) is 18.3. The van der Waals surface area contributed by atoms with Crippen molar-refractivity contribution in [2.45, 2.75) is 70.8 Å². The molecule has 3 aliphatic rings. The molecule has 0 bridgehead atoms. The number of ether oxygens (including phenoxy) is 2. The van der Waals surface area contributed by atoms with Gasteiger partial charge >= 0.3 is 0 Å². The van der Waals surface area contributed by atoms with E-state index in [4.69, 9.17) is 10.6 Å². The average molecular weight is 404 g/mol. The summed E-state index contributed by atoms with van der Waals surface area (Å²) in [6.45, 7) is 7.27. The molecule has 0 atom stereocenters. The zero-order valence-corrected chi connectivity index (χ0v) is 17.7. The Hall–Kier alpha value is -2.15. The highest BCUT2D eigenvalue weighted by atomic mass is 16.5. The predicted octanol–water partition coefficient (Wildman–Crippen LogP) is 3.43. The molecule has 1 aromatic rings. The van der Waals surface area contributed by atoms with Gasteiger partial charge in [-0.2, -0.15) is 0 Å². The van der Waals surface area contributed by atoms with Gasteiger partial charge in [-0.05, 0) is 83.1 Å². The molecule has 0 spiro atoms. The fraction of sp³-hybridized carbons (Fsp3) is 0.682. The molecule has 29 heavy (non-hydrogen) atoms. The minimum Gasteiger partial charge on any atom is -0.477 e. The quantitative estimate of drug-likeness (QED) is 0.309. The summed E-state index contributed by atoms with van der Waals surface area (Å²) < 4.78 is 10.5. The smallest absolute Gasteiger partial charge is 0.293 e. The Morgan fingerprint density at radius 1 is 1.17 bits per heavy atom. The number of rotatable bonds is 8. The maximum Gasteiger partial charge on any atom is 0.293 e. The van der Waals surface area contributed by atoms with Gasteiger partial charge < -0.3 is 9.47 Å². The van der Waals surface area contributed by atoms with E-state index < -0.39 is 0 Å². The summed E-state index contributed by atoms with van der Waals surface area (Å²) in [5, 5.41) is 1.31. The van der Waals surface area contributed by atoms with Crippen molar-refractivity contribution in [3.63, 3.8) is 0 Å². The zero-order chi connectivity index (χ0) is 21.0. The third kappa shape index (κ3) is 7.31. The molecule has 0 radical (unpaired) electrons. The molecule has 1 amide bonds. The molecule has 3 aliphatic carbocycles. The Morgan fingerprint density at radius 2 is 1.83 bits per heavy atom. The Balaban J connectivity index is 0.000000298. The summed E-state index contributed by atoms with van der Waals surface area (Å²) in [7, 11) is 0. The second kappa shape index (κ2) is 9.11. The van der Waals surface area contributed by atoms with Gasteiger partial charge in [0.15, 0.2) is 0 Å². The van der Waals surface area contributed by atoms with Crippen molar-refractivity contribution in [2.24, 2.45) is 17.7 Å². The average Bonchev–Trinajstić information content (AvgIpc) is 3.52. The largest absolute Gasteiger partial charge is 0.477 e. The summed E-state index contributed by atoms with van der Waals surface area (Å²) in [6.07, 6.45) is 7.22. The lowest BCUT2D eigenvalue weighted by Crippen LogP contribution is -2.39. The molecule has 4 rings (SSSR count). The van der Waals surface area contributed by atoms with Gasteiger partial charge in [-0.15, -0.1) is 0 Å². The van der Waals surface area contributed by atoms with Gasteiger partial charge in [-0.25, -0.2) is 10.8 Å². The van der Waals surface area contributed by atoms with E-state index in [9.17, 15) is 9.59 Å². The maximum atomic E-state index is 12.4. The van der Waals surface area contributed by atoms with Crippen molar-refractivity contribution in [2.75, 3.05) is 13.2 Å². The van der Waals surface area contributed by atoms with Crippen molar-refractivity contribution in [1.82, 2.24) is 9.99 Å². The van der Waals surface area contributed by atoms with Gasteiger partial charge in [0, 0.05) is 12.1 Å². The molecule has 2 N–H and O–H groups in total. The molecule has 1 aromatic heterocycles. The third-order valence-corrected chi connectivity index (χ3v) is 5.09. The van der Waals surface area contributed by atoms with Crippen molar-refractivity contribution < 1.29 is 19.1 Å². The van der Waals surface area contributed by atoms with Crippen molar-refractivity contribution >= 4 is 12.4 Å². The van der Waals surface area contributed by atoms with Crippen LogP contribution in [0.3, 0.4) is 0 Å². The number of aromatic nitrogens is 1. The molecule has 7 heteroatoms. The van der Waals surface area contributed by atoms with E-state index in [1.165, 1.54) is 43.5 Å². The van der Waals surface area contributed by atoms with Crippen LogP contribution < -0.4 is 10.6 Å². The van der Waals surface area contributed by atoms with Gasteiger partial charge in [0.2, 0.25) is 5.88 Å². The number of hydrogen-bond acceptors (Lipinski definition) is 6. The lowest BCUT2D eigenvalue weighted by molar-refractivity contribution is -0.138. The van der Waals surface area contributed by atoms with Gasteiger partial charge in [-0.1, -0.05) is 6.07 Å². The molecule has 0 aliphatic heterocycles. The molecule has 3 fully saturated rings. The summed E-state index contributed by atoms with van der Waals surface area (Å²) in [5.41, 5.74) is 1.24. The van der Waals surface area contributed by atoms with Crippen LogP contribution in [0.5, 0.6) is 5.88 Å². The highest BCUT2D eigenvalue weighted by Crippen LogP contribution is 2.44. The first-order chi connectivity index (χ1) is 13.8. The number of hydrazine groups is 1. The van der Waals surface area contributed by atoms with Crippen molar-refractivity contribution in [3.05, 3.63) is 23.4 Å². The van der Waals surface area contributed by atoms with Crippen molar-refractivity contribution in [1.29, 1.82) is 0 Å². The van der Waals surface area contributed by atoms with Gasteiger partial charge in [0.1, 0.15) is 11.3 Å². The second-order valence-corrected chi connectivity index (χ2v) is 9.35. The van der Waals surface area contributed by atoms with E-state index in [1.54, 1.807) is 6.07 Å². The second-order valence-electron chi connectivity index (χ2n) is 9.35. The van der Waals surface area contributed by atoms with Crippen LogP contribution in [0.4, 0.5) is 0 Å². The van der Waals surface area contributed by atoms with E-state index in [1.807, 2.05) is 26.8 Å². The molecule has 1 heterocycles. The number of nitrogens with zero attached hydrogens (tertiary/aromatic N) is 2. The van der Waals surface area contributed by atoms with Crippen molar-refractivity contribution in [3.8, 4) is 5.88 Å². The summed E-state index contributed by atoms with van der Waals surface area (Å²) in [6, 6.07) is 3.80. The molecular weight excluding hydrogens is 370 g/mol. The lowest BCUT2D eigenvalue weighted by atomic mass is 10.1. The monoisotopic (exact) mass is 403 g/mol. The topological polar surface area (TPSA) is 94.8 Å². The molecule has 3 saturated carbocycles.